The van der Waals surface area contributed by atoms with Crippen LogP contribution in [-0.2, 0) is 6.54 Å². The summed E-state index contributed by atoms with van der Waals surface area (Å²) in [7, 11) is 0. The molecular formula is C12H16N2. The second-order valence-electron chi connectivity index (χ2n) is 3.72. The number of rotatable bonds is 3. The van der Waals surface area contributed by atoms with Crippen LogP contribution in [0.5, 0.6) is 0 Å². The Bertz CT molecular complexity index is 316. The minimum Gasteiger partial charge on any atom is -0.327 e. The highest BCUT2D eigenvalue weighted by atomic mass is 15.1. The van der Waals surface area contributed by atoms with Crippen molar-refractivity contribution in [1.29, 1.82) is 0 Å². The molecule has 0 bridgehead atoms. The van der Waals surface area contributed by atoms with Gasteiger partial charge in [0.05, 0.1) is 0 Å². The summed E-state index contributed by atoms with van der Waals surface area (Å²) in [6.45, 7) is 3.80. The normalized spacial score (nSPS) is 17.1. The molecule has 0 radical (unpaired) electrons. The molecule has 0 aromatic heterocycles. The smallest absolute Gasteiger partial charge is 0.0240 e. The molecule has 1 aliphatic heterocycles. The summed E-state index contributed by atoms with van der Waals surface area (Å²) >= 11 is 0. The second kappa shape index (κ2) is 4.40. The Hall–Kier alpha value is -1.12. The molecule has 74 valence electrons. The van der Waals surface area contributed by atoms with Crippen LogP contribution in [-0.4, -0.2) is 24.5 Å². The summed E-state index contributed by atoms with van der Waals surface area (Å²) in [6, 6.07) is 10.6. The van der Waals surface area contributed by atoms with Gasteiger partial charge in [-0.15, -0.1) is 0 Å². The van der Waals surface area contributed by atoms with Crippen molar-refractivity contribution >= 4 is 0 Å². The van der Waals surface area contributed by atoms with Gasteiger partial charge in [-0.3, -0.25) is 4.90 Å². The van der Waals surface area contributed by atoms with Crippen LogP contribution >= 0.6 is 0 Å². The first-order chi connectivity index (χ1) is 6.88. The van der Waals surface area contributed by atoms with Crippen molar-refractivity contribution in [1.82, 2.24) is 4.90 Å². The highest BCUT2D eigenvalue weighted by molar-refractivity contribution is 5.18. The van der Waals surface area contributed by atoms with Gasteiger partial charge < -0.3 is 5.73 Å². The fourth-order valence-corrected chi connectivity index (χ4v) is 1.78. The van der Waals surface area contributed by atoms with Gasteiger partial charge in [-0.2, -0.15) is 0 Å². The van der Waals surface area contributed by atoms with E-state index in [1.165, 1.54) is 11.1 Å². The van der Waals surface area contributed by atoms with E-state index in [1.54, 1.807) is 0 Å². The number of benzene rings is 1. The molecule has 0 unspecified atom stereocenters. The van der Waals surface area contributed by atoms with E-state index in [2.05, 4.69) is 41.3 Å². The van der Waals surface area contributed by atoms with Crippen LogP contribution in [0.15, 0.2) is 42.0 Å². The third-order valence-electron chi connectivity index (χ3n) is 2.58. The first kappa shape index (κ1) is 9.44. The largest absolute Gasteiger partial charge is 0.327 e. The summed E-state index contributed by atoms with van der Waals surface area (Å²) in [5.41, 5.74) is 8.33. The Labute approximate surface area is 85.0 Å². The van der Waals surface area contributed by atoms with Crippen LogP contribution in [0.4, 0.5) is 0 Å². The van der Waals surface area contributed by atoms with Crippen LogP contribution in [0.1, 0.15) is 5.56 Å². The number of nitrogens with zero attached hydrogens (tertiary/aromatic N) is 1. The molecule has 0 amide bonds. The maximum absolute atomic E-state index is 5.59. The molecule has 2 heteroatoms. The first-order valence-corrected chi connectivity index (χ1v) is 5.03. The van der Waals surface area contributed by atoms with E-state index in [4.69, 9.17) is 5.73 Å². The Morgan fingerprint density at radius 3 is 2.64 bits per heavy atom. The molecule has 2 N–H and O–H groups in total. The predicted molar refractivity (Wildman–Crippen MR) is 58.9 cm³/mol. The van der Waals surface area contributed by atoms with E-state index in [-0.39, 0.29) is 0 Å². The second-order valence-corrected chi connectivity index (χ2v) is 3.72. The average Bonchev–Trinajstić information content (AvgIpc) is 2.67. The van der Waals surface area contributed by atoms with E-state index >= 15 is 0 Å². The maximum Gasteiger partial charge on any atom is 0.0240 e. The van der Waals surface area contributed by atoms with Crippen LogP contribution in [0.2, 0.25) is 0 Å². The molecular weight excluding hydrogens is 172 g/mol. The highest BCUT2D eigenvalue weighted by Crippen LogP contribution is 2.11. The van der Waals surface area contributed by atoms with Crippen molar-refractivity contribution in [3.05, 3.63) is 47.5 Å². The average molecular weight is 188 g/mol. The van der Waals surface area contributed by atoms with Crippen molar-refractivity contribution in [3.8, 4) is 0 Å². The van der Waals surface area contributed by atoms with Gasteiger partial charge in [-0.1, -0.05) is 36.4 Å². The zero-order valence-electron chi connectivity index (χ0n) is 8.32. The lowest BCUT2D eigenvalue weighted by molar-refractivity contribution is 0.340. The number of hydrogen-bond donors (Lipinski definition) is 1. The van der Waals surface area contributed by atoms with Gasteiger partial charge in [0.25, 0.3) is 0 Å². The van der Waals surface area contributed by atoms with E-state index in [0.29, 0.717) is 6.54 Å². The molecule has 1 aromatic rings. The molecule has 0 saturated carbocycles. The van der Waals surface area contributed by atoms with Crippen LogP contribution < -0.4 is 5.73 Å². The highest BCUT2D eigenvalue weighted by Gasteiger charge is 2.12. The third-order valence-corrected chi connectivity index (χ3v) is 2.58. The summed E-state index contributed by atoms with van der Waals surface area (Å²) in [5, 5.41) is 0. The van der Waals surface area contributed by atoms with Gasteiger partial charge in [0.15, 0.2) is 0 Å². The fourth-order valence-electron chi connectivity index (χ4n) is 1.78. The van der Waals surface area contributed by atoms with Crippen molar-refractivity contribution in [2.45, 2.75) is 6.54 Å². The molecule has 2 nitrogen and oxygen atoms in total. The number of nitrogens with two attached hydrogens (primary N) is 1. The maximum atomic E-state index is 5.59. The molecule has 0 fully saturated rings. The quantitative estimate of drug-likeness (QED) is 0.726. The summed E-state index contributed by atoms with van der Waals surface area (Å²) in [4.78, 5) is 2.40. The van der Waals surface area contributed by atoms with Gasteiger partial charge in [0, 0.05) is 26.2 Å². The Morgan fingerprint density at radius 2 is 2.00 bits per heavy atom. The van der Waals surface area contributed by atoms with Crippen molar-refractivity contribution in [2.75, 3.05) is 19.6 Å². The Morgan fingerprint density at radius 1 is 1.21 bits per heavy atom. The third kappa shape index (κ3) is 2.22. The van der Waals surface area contributed by atoms with E-state index in [1.807, 2.05) is 0 Å². The Kier molecular flexibility index (Phi) is 2.96. The predicted octanol–water partition coefficient (Wildman–Crippen LogP) is 1.39. The lowest BCUT2D eigenvalue weighted by Gasteiger charge is -2.15. The van der Waals surface area contributed by atoms with Crippen molar-refractivity contribution in [3.63, 3.8) is 0 Å². The standard InChI is InChI=1S/C12H16N2/c13-8-12-6-7-14(10-12)9-11-4-2-1-3-5-11/h1-6H,7-10,13H2. The zero-order chi connectivity index (χ0) is 9.80. The lowest BCUT2D eigenvalue weighted by atomic mass is 10.2. The van der Waals surface area contributed by atoms with Crippen molar-refractivity contribution in [2.24, 2.45) is 5.73 Å². The Balaban J connectivity index is 1.90. The summed E-state index contributed by atoms with van der Waals surface area (Å²) < 4.78 is 0. The van der Waals surface area contributed by atoms with Crippen LogP contribution in [0.3, 0.4) is 0 Å². The van der Waals surface area contributed by atoms with Gasteiger partial charge in [0.2, 0.25) is 0 Å². The minimum atomic E-state index is 0.700. The SMILES string of the molecule is NCC1=CCN(Cc2ccccc2)C1. The summed E-state index contributed by atoms with van der Waals surface area (Å²) in [6.07, 6.45) is 2.24. The van der Waals surface area contributed by atoms with Crippen molar-refractivity contribution < 1.29 is 0 Å². The van der Waals surface area contributed by atoms with E-state index in [9.17, 15) is 0 Å². The van der Waals surface area contributed by atoms with Gasteiger partial charge in [-0.05, 0) is 11.1 Å². The zero-order valence-corrected chi connectivity index (χ0v) is 8.32. The minimum absolute atomic E-state index is 0.700. The number of hydrogen-bond acceptors (Lipinski definition) is 2. The van der Waals surface area contributed by atoms with Crippen LogP contribution in [0.25, 0.3) is 0 Å². The molecule has 0 atom stereocenters. The van der Waals surface area contributed by atoms with Crippen LogP contribution in [0, 0.1) is 0 Å². The van der Waals surface area contributed by atoms with Gasteiger partial charge >= 0.3 is 0 Å². The van der Waals surface area contributed by atoms with Gasteiger partial charge in [-0.25, -0.2) is 0 Å². The molecule has 0 spiro atoms. The molecule has 0 saturated heterocycles. The molecule has 14 heavy (non-hydrogen) atoms. The molecule has 1 aromatic carbocycles. The molecule has 2 rings (SSSR count). The summed E-state index contributed by atoms with van der Waals surface area (Å²) in [5.74, 6) is 0. The molecule has 1 heterocycles. The molecule has 0 aliphatic carbocycles. The van der Waals surface area contributed by atoms with E-state index < -0.39 is 0 Å². The van der Waals surface area contributed by atoms with Gasteiger partial charge in [0.1, 0.15) is 0 Å². The lowest BCUT2D eigenvalue weighted by Crippen LogP contribution is -2.21. The topological polar surface area (TPSA) is 29.3 Å². The fraction of sp³-hybridized carbons (Fsp3) is 0.333. The monoisotopic (exact) mass is 188 g/mol. The first-order valence-electron chi connectivity index (χ1n) is 5.03. The van der Waals surface area contributed by atoms with E-state index in [0.717, 1.165) is 19.6 Å². The molecule has 1 aliphatic rings.